The van der Waals surface area contributed by atoms with E-state index in [1.165, 1.54) is 11.0 Å². The maximum absolute atomic E-state index is 14.8. The SMILES string of the molecule is COc1c(-c2ccccc2)cc(F)c2c1c(CC(=O)N(C)C)cn2C. The van der Waals surface area contributed by atoms with E-state index in [0.717, 1.165) is 11.1 Å². The summed E-state index contributed by atoms with van der Waals surface area (Å²) in [6.07, 6.45) is 1.99. The van der Waals surface area contributed by atoms with Crippen LogP contribution in [0.2, 0.25) is 0 Å². The fourth-order valence-electron chi connectivity index (χ4n) is 3.13. The molecule has 0 atom stereocenters. The van der Waals surface area contributed by atoms with Gasteiger partial charge in [-0.2, -0.15) is 0 Å². The fourth-order valence-corrected chi connectivity index (χ4v) is 3.13. The van der Waals surface area contributed by atoms with Crippen LogP contribution < -0.4 is 4.74 Å². The van der Waals surface area contributed by atoms with E-state index in [0.29, 0.717) is 22.2 Å². The molecule has 0 radical (unpaired) electrons. The predicted molar refractivity (Wildman–Crippen MR) is 97.3 cm³/mol. The molecule has 1 aromatic heterocycles. The number of amides is 1. The molecule has 3 rings (SSSR count). The summed E-state index contributed by atoms with van der Waals surface area (Å²) in [6.45, 7) is 0. The zero-order valence-corrected chi connectivity index (χ0v) is 14.8. The van der Waals surface area contributed by atoms with Crippen LogP contribution in [0.5, 0.6) is 5.75 Å². The first-order valence-corrected chi connectivity index (χ1v) is 8.04. The van der Waals surface area contributed by atoms with Crippen molar-refractivity contribution in [2.24, 2.45) is 7.05 Å². The monoisotopic (exact) mass is 340 g/mol. The van der Waals surface area contributed by atoms with Crippen LogP contribution in [-0.4, -0.2) is 36.6 Å². The Morgan fingerprint density at radius 2 is 1.92 bits per heavy atom. The van der Waals surface area contributed by atoms with Gasteiger partial charge in [0, 0.05) is 38.3 Å². The second-order valence-electron chi connectivity index (χ2n) is 6.26. The first-order valence-electron chi connectivity index (χ1n) is 8.04. The van der Waals surface area contributed by atoms with Crippen LogP contribution in [-0.2, 0) is 18.3 Å². The summed E-state index contributed by atoms with van der Waals surface area (Å²) in [5.74, 6) is 0.213. The van der Waals surface area contributed by atoms with E-state index in [9.17, 15) is 9.18 Å². The van der Waals surface area contributed by atoms with E-state index in [1.807, 2.05) is 30.3 Å². The molecule has 1 amide bonds. The maximum Gasteiger partial charge on any atom is 0.226 e. The van der Waals surface area contributed by atoms with Gasteiger partial charge in [0.1, 0.15) is 11.6 Å². The van der Waals surface area contributed by atoms with E-state index in [2.05, 4.69) is 0 Å². The van der Waals surface area contributed by atoms with Crippen molar-refractivity contribution < 1.29 is 13.9 Å². The summed E-state index contributed by atoms with van der Waals surface area (Å²) >= 11 is 0. The first-order chi connectivity index (χ1) is 11.9. The fraction of sp³-hybridized carbons (Fsp3) is 0.250. The number of aromatic nitrogens is 1. The molecule has 0 unspecified atom stereocenters. The molecule has 2 aromatic carbocycles. The predicted octanol–water partition coefficient (Wildman–Crippen LogP) is 3.62. The van der Waals surface area contributed by atoms with Gasteiger partial charge in [0.05, 0.1) is 19.0 Å². The van der Waals surface area contributed by atoms with Crippen LogP contribution in [0, 0.1) is 5.82 Å². The Labute approximate surface area is 146 Å². The van der Waals surface area contributed by atoms with Crippen LogP contribution in [0.4, 0.5) is 4.39 Å². The van der Waals surface area contributed by atoms with Gasteiger partial charge in [0.15, 0.2) is 0 Å². The van der Waals surface area contributed by atoms with Gasteiger partial charge in [-0.05, 0) is 17.2 Å². The summed E-state index contributed by atoms with van der Waals surface area (Å²) < 4.78 is 22.2. The molecule has 25 heavy (non-hydrogen) atoms. The second-order valence-corrected chi connectivity index (χ2v) is 6.26. The zero-order valence-electron chi connectivity index (χ0n) is 14.8. The molecule has 4 nitrogen and oxygen atoms in total. The van der Waals surface area contributed by atoms with E-state index < -0.39 is 0 Å². The number of fused-ring (bicyclic) bond motifs is 1. The second kappa shape index (κ2) is 6.59. The average molecular weight is 340 g/mol. The highest BCUT2D eigenvalue weighted by molar-refractivity contribution is 5.98. The molecule has 0 N–H and O–H groups in total. The third-order valence-electron chi connectivity index (χ3n) is 4.36. The van der Waals surface area contributed by atoms with Gasteiger partial charge < -0.3 is 14.2 Å². The number of likely N-dealkylation sites (N-methyl/N-ethyl adjacent to an activating group) is 1. The van der Waals surface area contributed by atoms with Crippen molar-refractivity contribution in [2.75, 3.05) is 21.2 Å². The van der Waals surface area contributed by atoms with E-state index >= 15 is 0 Å². The third-order valence-corrected chi connectivity index (χ3v) is 4.36. The molecule has 0 aliphatic carbocycles. The summed E-state index contributed by atoms with van der Waals surface area (Å²) in [5, 5.41) is 0.652. The minimum atomic E-state index is -0.333. The topological polar surface area (TPSA) is 34.5 Å². The van der Waals surface area contributed by atoms with E-state index in [-0.39, 0.29) is 18.1 Å². The van der Waals surface area contributed by atoms with Crippen molar-refractivity contribution in [3.05, 3.63) is 54.0 Å². The molecule has 130 valence electrons. The quantitative estimate of drug-likeness (QED) is 0.727. The van der Waals surface area contributed by atoms with Crippen LogP contribution in [0.3, 0.4) is 0 Å². The highest BCUT2D eigenvalue weighted by atomic mass is 19.1. The molecule has 0 spiro atoms. The van der Waals surface area contributed by atoms with Crippen LogP contribution in [0.15, 0.2) is 42.6 Å². The minimum Gasteiger partial charge on any atom is -0.495 e. The Bertz CT molecular complexity index is 930. The summed E-state index contributed by atoms with van der Waals surface area (Å²) in [5.41, 5.74) is 2.74. The Kier molecular flexibility index (Phi) is 4.49. The van der Waals surface area contributed by atoms with Gasteiger partial charge in [0.25, 0.3) is 0 Å². The normalized spacial score (nSPS) is 10.9. The molecule has 5 heteroatoms. The lowest BCUT2D eigenvalue weighted by molar-refractivity contribution is -0.127. The van der Waals surface area contributed by atoms with Crippen molar-refractivity contribution in [3.63, 3.8) is 0 Å². The van der Waals surface area contributed by atoms with Crippen LogP contribution in [0.25, 0.3) is 22.0 Å². The Morgan fingerprint density at radius 3 is 2.52 bits per heavy atom. The van der Waals surface area contributed by atoms with Crippen molar-refractivity contribution in [1.29, 1.82) is 0 Å². The molecular formula is C20H21FN2O2. The van der Waals surface area contributed by atoms with Crippen LogP contribution >= 0.6 is 0 Å². The Hall–Kier alpha value is -2.82. The zero-order chi connectivity index (χ0) is 18.1. The van der Waals surface area contributed by atoms with E-state index in [1.54, 1.807) is 39.0 Å². The number of nitrogens with zero attached hydrogens (tertiary/aromatic N) is 2. The number of hydrogen-bond donors (Lipinski definition) is 0. The minimum absolute atomic E-state index is 0.0416. The molecule has 0 saturated heterocycles. The number of rotatable bonds is 4. The number of methoxy groups -OCH3 is 1. The van der Waals surface area contributed by atoms with Crippen molar-refractivity contribution in [3.8, 4) is 16.9 Å². The number of ether oxygens (including phenoxy) is 1. The number of hydrogen-bond acceptors (Lipinski definition) is 2. The van der Waals surface area contributed by atoms with Gasteiger partial charge in [0.2, 0.25) is 5.91 Å². The smallest absolute Gasteiger partial charge is 0.226 e. The number of aryl methyl sites for hydroxylation is 1. The maximum atomic E-state index is 14.8. The lowest BCUT2D eigenvalue weighted by Gasteiger charge is -2.14. The number of halogens is 1. The van der Waals surface area contributed by atoms with Gasteiger partial charge in [-0.25, -0.2) is 4.39 Å². The molecular weight excluding hydrogens is 319 g/mol. The third kappa shape index (κ3) is 2.97. The van der Waals surface area contributed by atoms with Crippen molar-refractivity contribution >= 4 is 16.8 Å². The lowest BCUT2D eigenvalue weighted by atomic mass is 9.99. The Morgan fingerprint density at radius 1 is 1.24 bits per heavy atom. The molecule has 3 aromatic rings. The van der Waals surface area contributed by atoms with Crippen molar-refractivity contribution in [1.82, 2.24) is 9.47 Å². The summed E-state index contributed by atoms with van der Waals surface area (Å²) in [4.78, 5) is 13.7. The standard InChI is InChI=1S/C20H21FN2O2/c1-22(2)17(24)10-14-12-23(3)19-16(21)11-15(20(25-4)18(14)19)13-8-6-5-7-9-13/h5-9,11-12H,10H2,1-4H3. The molecule has 0 aliphatic rings. The van der Waals surface area contributed by atoms with Gasteiger partial charge in [-0.3, -0.25) is 4.79 Å². The van der Waals surface area contributed by atoms with Gasteiger partial charge in [-0.15, -0.1) is 0 Å². The molecule has 0 saturated carbocycles. The summed E-state index contributed by atoms with van der Waals surface area (Å²) in [6, 6.07) is 11.0. The Balaban J connectivity index is 2.30. The number of carbonyl (C=O) groups is 1. The summed E-state index contributed by atoms with van der Waals surface area (Å²) in [7, 11) is 6.77. The van der Waals surface area contributed by atoms with Crippen molar-refractivity contribution in [2.45, 2.75) is 6.42 Å². The number of benzene rings is 2. The first kappa shape index (κ1) is 17.0. The lowest BCUT2D eigenvalue weighted by Crippen LogP contribution is -2.23. The average Bonchev–Trinajstić information content (AvgIpc) is 2.92. The van der Waals surface area contributed by atoms with Gasteiger partial charge >= 0.3 is 0 Å². The highest BCUT2D eigenvalue weighted by Crippen LogP contribution is 2.40. The molecule has 1 heterocycles. The largest absolute Gasteiger partial charge is 0.495 e. The van der Waals surface area contributed by atoms with Gasteiger partial charge in [-0.1, -0.05) is 30.3 Å². The number of carbonyl (C=O) groups excluding carboxylic acids is 1. The van der Waals surface area contributed by atoms with E-state index in [4.69, 9.17) is 4.74 Å². The highest BCUT2D eigenvalue weighted by Gasteiger charge is 2.22. The molecule has 0 aliphatic heterocycles. The molecule has 0 bridgehead atoms. The molecule has 0 fully saturated rings. The van der Waals surface area contributed by atoms with Crippen LogP contribution in [0.1, 0.15) is 5.56 Å².